The van der Waals surface area contributed by atoms with E-state index in [2.05, 4.69) is 44.1 Å². The lowest BCUT2D eigenvalue weighted by Crippen LogP contribution is -2.53. The lowest BCUT2D eigenvalue weighted by atomic mass is 9.76. The molecule has 19 heavy (non-hydrogen) atoms. The normalized spacial score (nSPS) is 27.1. The molecule has 2 atom stereocenters. The van der Waals surface area contributed by atoms with E-state index >= 15 is 0 Å². The summed E-state index contributed by atoms with van der Waals surface area (Å²) in [5, 5.41) is 2.94. The van der Waals surface area contributed by atoms with Gasteiger partial charge >= 0.3 is 0 Å². The van der Waals surface area contributed by atoms with Gasteiger partial charge in [-0.15, -0.1) is 0 Å². The lowest BCUT2D eigenvalue weighted by molar-refractivity contribution is -0.122. The largest absolute Gasteiger partial charge is 0.323 e. The van der Waals surface area contributed by atoms with E-state index in [-0.39, 0.29) is 5.91 Å². The maximum absolute atomic E-state index is 12.4. The van der Waals surface area contributed by atoms with Gasteiger partial charge in [0.05, 0.1) is 11.2 Å². The van der Waals surface area contributed by atoms with Gasteiger partial charge < -0.3 is 11.1 Å². The van der Waals surface area contributed by atoms with Crippen LogP contribution in [-0.2, 0) is 4.79 Å². The van der Waals surface area contributed by atoms with Gasteiger partial charge in [-0.25, -0.2) is 0 Å². The molecule has 104 valence electrons. The zero-order valence-corrected chi connectivity index (χ0v) is 14.1. The van der Waals surface area contributed by atoms with Crippen LogP contribution in [-0.4, -0.2) is 11.4 Å². The number of carbonyl (C=O) groups excluding carboxylic acids is 1. The molecule has 2 rings (SSSR count). The van der Waals surface area contributed by atoms with Crippen molar-refractivity contribution < 1.29 is 4.79 Å². The van der Waals surface area contributed by atoms with E-state index in [1.54, 1.807) is 0 Å². The van der Waals surface area contributed by atoms with E-state index in [0.29, 0.717) is 5.92 Å². The van der Waals surface area contributed by atoms with Crippen LogP contribution in [0.1, 0.15) is 32.6 Å². The van der Waals surface area contributed by atoms with Crippen LogP contribution in [0.3, 0.4) is 0 Å². The molecule has 0 aromatic heterocycles. The number of benzene rings is 1. The van der Waals surface area contributed by atoms with Gasteiger partial charge in [-0.1, -0.05) is 35.7 Å². The third-order valence-electron chi connectivity index (χ3n) is 3.66. The average molecular weight is 390 g/mol. The van der Waals surface area contributed by atoms with Crippen molar-refractivity contribution in [3.63, 3.8) is 0 Å². The predicted octanol–water partition coefficient (Wildman–Crippen LogP) is 4.06. The van der Waals surface area contributed by atoms with Crippen molar-refractivity contribution in [3.8, 4) is 0 Å². The maximum Gasteiger partial charge on any atom is 0.244 e. The molecule has 1 fully saturated rings. The smallest absolute Gasteiger partial charge is 0.244 e. The van der Waals surface area contributed by atoms with Crippen molar-refractivity contribution in [2.24, 2.45) is 11.7 Å². The molecule has 3 N–H and O–H groups in total. The van der Waals surface area contributed by atoms with Crippen molar-refractivity contribution in [2.45, 2.75) is 38.1 Å². The first-order chi connectivity index (χ1) is 8.90. The standard InChI is InChI=1S/C14H18Br2N2O/c1-9-3-2-6-14(17,8-9)13(19)18-12-5-4-10(15)7-11(12)16/h4-5,7,9H,2-3,6,8,17H2,1H3,(H,18,19). The molecule has 0 spiro atoms. The molecule has 1 saturated carbocycles. The summed E-state index contributed by atoms with van der Waals surface area (Å²) in [4.78, 5) is 12.4. The third-order valence-corrected chi connectivity index (χ3v) is 4.81. The van der Waals surface area contributed by atoms with Gasteiger partial charge in [-0.3, -0.25) is 4.79 Å². The van der Waals surface area contributed by atoms with Crippen LogP contribution < -0.4 is 11.1 Å². The Bertz CT molecular complexity index is 492. The Kier molecular flexibility index (Phi) is 4.69. The molecule has 1 amide bonds. The van der Waals surface area contributed by atoms with Gasteiger partial charge in [0, 0.05) is 8.95 Å². The number of amides is 1. The molecule has 1 aliphatic carbocycles. The summed E-state index contributed by atoms with van der Waals surface area (Å²) >= 11 is 6.83. The summed E-state index contributed by atoms with van der Waals surface area (Å²) in [6.07, 6.45) is 3.70. The fraction of sp³-hybridized carbons (Fsp3) is 0.500. The van der Waals surface area contributed by atoms with Gasteiger partial charge in [0.2, 0.25) is 5.91 Å². The number of anilines is 1. The average Bonchev–Trinajstić information content (AvgIpc) is 2.32. The summed E-state index contributed by atoms with van der Waals surface area (Å²) in [5.41, 5.74) is 6.31. The Morgan fingerprint density at radius 1 is 1.47 bits per heavy atom. The summed E-state index contributed by atoms with van der Waals surface area (Å²) in [7, 11) is 0. The minimum Gasteiger partial charge on any atom is -0.323 e. The molecule has 3 nitrogen and oxygen atoms in total. The molecule has 0 bridgehead atoms. The Labute approximate surface area is 130 Å². The lowest BCUT2D eigenvalue weighted by Gasteiger charge is -2.35. The summed E-state index contributed by atoms with van der Waals surface area (Å²) < 4.78 is 1.81. The van der Waals surface area contributed by atoms with Crippen molar-refractivity contribution in [1.29, 1.82) is 0 Å². The van der Waals surface area contributed by atoms with Crippen molar-refractivity contribution in [3.05, 3.63) is 27.1 Å². The van der Waals surface area contributed by atoms with Crippen molar-refractivity contribution >= 4 is 43.5 Å². The number of hydrogen-bond acceptors (Lipinski definition) is 2. The molecule has 1 aromatic rings. The van der Waals surface area contributed by atoms with Crippen LogP contribution in [0.5, 0.6) is 0 Å². The molecule has 2 unspecified atom stereocenters. The monoisotopic (exact) mass is 388 g/mol. The minimum atomic E-state index is -0.732. The molecule has 0 saturated heterocycles. The molecular formula is C14H18Br2N2O. The summed E-state index contributed by atoms with van der Waals surface area (Å²) in [6.45, 7) is 2.16. The fourth-order valence-corrected chi connectivity index (χ4v) is 3.78. The van der Waals surface area contributed by atoms with Gasteiger partial charge in [-0.2, -0.15) is 0 Å². The molecule has 0 radical (unpaired) electrons. The van der Waals surface area contributed by atoms with E-state index in [1.165, 1.54) is 0 Å². The van der Waals surface area contributed by atoms with Crippen molar-refractivity contribution in [1.82, 2.24) is 0 Å². The number of halogens is 2. The second kappa shape index (κ2) is 5.94. The van der Waals surface area contributed by atoms with Gasteiger partial charge in [-0.05, 0) is 52.9 Å². The zero-order valence-electron chi connectivity index (χ0n) is 10.9. The molecule has 1 aromatic carbocycles. The minimum absolute atomic E-state index is 0.0814. The number of nitrogens with two attached hydrogens (primary N) is 1. The molecule has 1 aliphatic rings. The SMILES string of the molecule is CC1CCCC(N)(C(=O)Nc2ccc(Br)cc2Br)C1. The highest BCUT2D eigenvalue weighted by molar-refractivity contribution is 9.11. The number of rotatable bonds is 2. The highest BCUT2D eigenvalue weighted by Crippen LogP contribution is 2.32. The predicted molar refractivity (Wildman–Crippen MR) is 85.0 cm³/mol. The van der Waals surface area contributed by atoms with E-state index in [1.807, 2.05) is 18.2 Å². The Hall–Kier alpha value is -0.390. The molecule has 0 heterocycles. The zero-order chi connectivity index (χ0) is 14.0. The number of nitrogens with one attached hydrogen (secondary N) is 1. The molecule has 5 heteroatoms. The van der Waals surface area contributed by atoms with Crippen LogP contribution in [0.25, 0.3) is 0 Å². The second-order valence-corrected chi connectivity index (χ2v) is 7.21. The van der Waals surface area contributed by atoms with Gasteiger partial charge in [0.1, 0.15) is 0 Å². The van der Waals surface area contributed by atoms with Crippen LogP contribution in [0.2, 0.25) is 0 Å². The van der Waals surface area contributed by atoms with E-state index in [4.69, 9.17) is 5.73 Å². The highest BCUT2D eigenvalue weighted by Gasteiger charge is 2.38. The number of carbonyl (C=O) groups is 1. The fourth-order valence-electron chi connectivity index (χ4n) is 2.64. The second-order valence-electron chi connectivity index (χ2n) is 5.44. The maximum atomic E-state index is 12.4. The number of hydrogen-bond donors (Lipinski definition) is 2. The first kappa shape index (κ1) is 15.0. The first-order valence-electron chi connectivity index (χ1n) is 6.46. The Morgan fingerprint density at radius 2 is 2.21 bits per heavy atom. The first-order valence-corrected chi connectivity index (χ1v) is 8.05. The Balaban J connectivity index is 2.12. The Morgan fingerprint density at radius 3 is 2.84 bits per heavy atom. The van der Waals surface area contributed by atoms with E-state index in [0.717, 1.165) is 40.3 Å². The molecule has 0 aliphatic heterocycles. The van der Waals surface area contributed by atoms with Crippen molar-refractivity contribution in [2.75, 3.05) is 5.32 Å². The van der Waals surface area contributed by atoms with Crippen LogP contribution in [0.4, 0.5) is 5.69 Å². The van der Waals surface area contributed by atoms with E-state index < -0.39 is 5.54 Å². The third kappa shape index (κ3) is 3.58. The van der Waals surface area contributed by atoms with E-state index in [9.17, 15) is 4.79 Å². The topological polar surface area (TPSA) is 55.1 Å². The molecular weight excluding hydrogens is 372 g/mol. The quantitative estimate of drug-likeness (QED) is 0.801. The van der Waals surface area contributed by atoms with Crippen LogP contribution in [0, 0.1) is 5.92 Å². The van der Waals surface area contributed by atoms with Crippen LogP contribution >= 0.6 is 31.9 Å². The summed E-state index contributed by atoms with van der Waals surface area (Å²) in [5.74, 6) is 0.430. The van der Waals surface area contributed by atoms with Crippen LogP contribution in [0.15, 0.2) is 27.1 Å². The highest BCUT2D eigenvalue weighted by atomic mass is 79.9. The summed E-state index contributed by atoms with van der Waals surface area (Å²) in [6, 6.07) is 5.66. The van der Waals surface area contributed by atoms with Gasteiger partial charge in [0.15, 0.2) is 0 Å². The van der Waals surface area contributed by atoms with Gasteiger partial charge in [0.25, 0.3) is 0 Å².